The first-order valence-electron chi connectivity index (χ1n) is 8.35. The number of hydrogen-bond donors (Lipinski definition) is 5. The van der Waals surface area contributed by atoms with Gasteiger partial charge in [-0.25, -0.2) is 0 Å². The van der Waals surface area contributed by atoms with Crippen molar-refractivity contribution in [1.82, 2.24) is 0 Å². The third-order valence-corrected chi connectivity index (χ3v) is 5.14. The number of halogens is 1. The van der Waals surface area contributed by atoms with Crippen molar-refractivity contribution >= 4 is 11.6 Å². The normalized spacial score (nSPS) is 38.7. The average Bonchev–Trinajstić information content (AvgIpc) is 3.00. The Morgan fingerprint density at radius 1 is 1.08 bits per heavy atom. The lowest BCUT2D eigenvalue weighted by Gasteiger charge is -2.40. The van der Waals surface area contributed by atoms with Gasteiger partial charge in [-0.05, 0) is 30.5 Å². The maximum absolute atomic E-state index is 10.2. The van der Waals surface area contributed by atoms with Gasteiger partial charge >= 0.3 is 0 Å². The second-order valence-corrected chi connectivity index (χ2v) is 7.05. The minimum Gasteiger partial charge on any atom is -0.489 e. The lowest BCUT2D eigenvalue weighted by Crippen LogP contribution is -2.55. The summed E-state index contributed by atoms with van der Waals surface area (Å²) in [5, 5.41) is 49.3. The van der Waals surface area contributed by atoms with E-state index in [9.17, 15) is 25.5 Å². The van der Waals surface area contributed by atoms with E-state index in [0.29, 0.717) is 29.2 Å². The van der Waals surface area contributed by atoms with Crippen LogP contribution in [0.1, 0.15) is 30.9 Å². The molecule has 2 fully saturated rings. The molecule has 1 aliphatic carbocycles. The number of benzene rings is 1. The largest absolute Gasteiger partial charge is 0.489 e. The zero-order valence-electron chi connectivity index (χ0n) is 13.5. The Hall–Kier alpha value is -0.930. The summed E-state index contributed by atoms with van der Waals surface area (Å²) >= 11 is 6.17. The Kier molecular flexibility index (Phi) is 5.85. The van der Waals surface area contributed by atoms with Gasteiger partial charge in [0.2, 0.25) is 0 Å². The minimum atomic E-state index is -1.44. The molecule has 25 heavy (non-hydrogen) atoms. The number of aliphatic hydroxyl groups excluding tert-OH is 5. The summed E-state index contributed by atoms with van der Waals surface area (Å²) in [4.78, 5) is 0. The molecule has 1 aromatic rings. The number of ether oxygens (including phenoxy) is 2. The predicted molar refractivity (Wildman–Crippen MR) is 88.4 cm³/mol. The van der Waals surface area contributed by atoms with Gasteiger partial charge in [0.1, 0.15) is 42.4 Å². The molecule has 1 saturated carbocycles. The Bertz CT molecular complexity index is 596. The highest BCUT2D eigenvalue weighted by Crippen LogP contribution is 2.37. The van der Waals surface area contributed by atoms with Crippen LogP contribution in [-0.4, -0.2) is 68.8 Å². The van der Waals surface area contributed by atoms with E-state index in [0.717, 1.165) is 6.42 Å². The van der Waals surface area contributed by atoms with Crippen LogP contribution in [0.5, 0.6) is 5.75 Å². The highest BCUT2D eigenvalue weighted by molar-refractivity contribution is 6.32. The van der Waals surface area contributed by atoms with Crippen molar-refractivity contribution in [3.8, 4) is 5.75 Å². The molecule has 8 heteroatoms. The van der Waals surface area contributed by atoms with E-state index >= 15 is 0 Å². The molecule has 0 aromatic heterocycles. The molecule has 1 heterocycles. The second-order valence-electron chi connectivity index (χ2n) is 6.65. The lowest BCUT2D eigenvalue weighted by molar-refractivity contribution is -0.231. The van der Waals surface area contributed by atoms with Crippen molar-refractivity contribution in [2.45, 2.75) is 62.0 Å². The predicted octanol–water partition coefficient (Wildman–Crippen LogP) is 0.147. The molecule has 2 unspecified atom stereocenters. The zero-order chi connectivity index (χ0) is 18.1. The number of aliphatic hydroxyl groups is 5. The summed E-state index contributed by atoms with van der Waals surface area (Å²) in [5.41, 5.74) is 0.509. The van der Waals surface area contributed by atoms with Gasteiger partial charge in [-0.2, -0.15) is 0 Å². The fraction of sp³-hybridized carbons (Fsp3) is 0.647. The van der Waals surface area contributed by atoms with E-state index in [2.05, 4.69) is 0 Å². The number of hydrogen-bond acceptors (Lipinski definition) is 7. The Morgan fingerprint density at radius 2 is 1.84 bits per heavy atom. The first-order chi connectivity index (χ1) is 11.9. The molecular formula is C17H23ClO7. The molecule has 5 N–H and O–H groups in total. The van der Waals surface area contributed by atoms with Crippen molar-refractivity contribution < 1.29 is 35.0 Å². The van der Waals surface area contributed by atoms with Gasteiger partial charge in [-0.1, -0.05) is 17.7 Å². The molecule has 0 amide bonds. The van der Waals surface area contributed by atoms with Crippen LogP contribution >= 0.6 is 11.6 Å². The first kappa shape index (κ1) is 18.8. The first-order valence-corrected chi connectivity index (χ1v) is 8.73. The summed E-state index contributed by atoms with van der Waals surface area (Å²) in [6, 6.07) is 4.84. The maximum Gasteiger partial charge on any atom is 0.138 e. The van der Waals surface area contributed by atoms with Crippen LogP contribution in [0.4, 0.5) is 0 Å². The van der Waals surface area contributed by atoms with Crippen LogP contribution < -0.4 is 4.74 Å². The van der Waals surface area contributed by atoms with Crippen molar-refractivity contribution in [2.75, 3.05) is 6.61 Å². The van der Waals surface area contributed by atoms with Crippen LogP contribution in [0.3, 0.4) is 0 Å². The van der Waals surface area contributed by atoms with E-state index in [1.807, 2.05) is 0 Å². The molecule has 1 saturated heterocycles. The van der Waals surface area contributed by atoms with Crippen LogP contribution in [0.15, 0.2) is 18.2 Å². The average molecular weight is 375 g/mol. The van der Waals surface area contributed by atoms with Gasteiger partial charge in [-0.3, -0.25) is 0 Å². The van der Waals surface area contributed by atoms with Crippen molar-refractivity contribution in [1.29, 1.82) is 0 Å². The molecule has 7 nitrogen and oxygen atoms in total. The van der Waals surface area contributed by atoms with Gasteiger partial charge in [0.15, 0.2) is 0 Å². The molecule has 0 radical (unpaired) electrons. The topological polar surface area (TPSA) is 120 Å². The van der Waals surface area contributed by atoms with Gasteiger partial charge in [0, 0.05) is 6.42 Å². The molecule has 3 rings (SSSR count). The third kappa shape index (κ3) is 3.93. The van der Waals surface area contributed by atoms with E-state index in [1.54, 1.807) is 18.2 Å². The molecular weight excluding hydrogens is 352 g/mol. The highest BCUT2D eigenvalue weighted by Gasteiger charge is 2.44. The van der Waals surface area contributed by atoms with E-state index in [4.69, 9.17) is 21.1 Å². The SMILES string of the molecule is OC[C@H]1O[C@@H](c2ccc(Cl)c(OC3CCC(O)C3)c2)[C@H](O)[C@@H](O)[C@@H]1O. The summed E-state index contributed by atoms with van der Waals surface area (Å²) in [5.74, 6) is 0.398. The van der Waals surface area contributed by atoms with E-state index < -0.39 is 37.1 Å². The fourth-order valence-electron chi connectivity index (χ4n) is 3.37. The third-order valence-electron chi connectivity index (χ3n) is 4.83. The van der Waals surface area contributed by atoms with Crippen molar-refractivity contribution in [3.05, 3.63) is 28.8 Å². The van der Waals surface area contributed by atoms with Crippen LogP contribution in [-0.2, 0) is 4.74 Å². The fourth-order valence-corrected chi connectivity index (χ4v) is 3.53. The lowest BCUT2D eigenvalue weighted by atomic mass is 9.91. The van der Waals surface area contributed by atoms with Gasteiger partial charge < -0.3 is 35.0 Å². The quantitative estimate of drug-likeness (QED) is 0.508. The summed E-state index contributed by atoms with van der Waals surface area (Å²) in [6.07, 6.45) is -4.72. The van der Waals surface area contributed by atoms with E-state index in [1.165, 1.54) is 0 Å². The van der Waals surface area contributed by atoms with Crippen molar-refractivity contribution in [2.24, 2.45) is 0 Å². The maximum atomic E-state index is 10.2. The Balaban J connectivity index is 1.81. The van der Waals surface area contributed by atoms with Gasteiger partial charge in [0.25, 0.3) is 0 Å². The van der Waals surface area contributed by atoms with Gasteiger partial charge in [0.05, 0.1) is 17.7 Å². The minimum absolute atomic E-state index is 0.141. The standard InChI is InChI=1S/C17H23ClO7/c18-11-4-1-8(5-12(11)24-10-3-2-9(20)6-10)17-16(23)15(22)14(21)13(7-19)25-17/h1,4-5,9-10,13-17,19-23H,2-3,6-7H2/t9?,10?,13-,14-,15+,16-,17+/m1/s1. The van der Waals surface area contributed by atoms with E-state index in [-0.39, 0.29) is 12.2 Å². The number of rotatable bonds is 4. The zero-order valence-corrected chi connectivity index (χ0v) is 14.3. The Labute approximate surface area is 150 Å². The summed E-state index contributed by atoms with van der Waals surface area (Å²) < 4.78 is 11.4. The smallest absolute Gasteiger partial charge is 0.138 e. The summed E-state index contributed by atoms with van der Waals surface area (Å²) in [6.45, 7) is -0.488. The second kappa shape index (κ2) is 7.75. The molecule has 140 valence electrons. The Morgan fingerprint density at radius 3 is 2.48 bits per heavy atom. The monoisotopic (exact) mass is 374 g/mol. The molecule has 0 bridgehead atoms. The van der Waals surface area contributed by atoms with Crippen LogP contribution in [0.2, 0.25) is 5.02 Å². The molecule has 2 aliphatic rings. The van der Waals surface area contributed by atoms with Crippen LogP contribution in [0.25, 0.3) is 0 Å². The summed E-state index contributed by atoms with van der Waals surface area (Å²) in [7, 11) is 0. The van der Waals surface area contributed by atoms with Crippen molar-refractivity contribution in [3.63, 3.8) is 0 Å². The molecule has 7 atom stereocenters. The molecule has 1 aromatic carbocycles. The highest BCUT2D eigenvalue weighted by atomic mass is 35.5. The molecule has 0 spiro atoms. The van der Waals surface area contributed by atoms with Gasteiger partial charge in [-0.15, -0.1) is 0 Å². The van der Waals surface area contributed by atoms with Crippen LogP contribution in [0, 0.1) is 0 Å². The molecule has 1 aliphatic heterocycles.